The number of hydrogen-bond acceptors (Lipinski definition) is 4. The van der Waals surface area contributed by atoms with Crippen molar-refractivity contribution in [2.75, 3.05) is 11.9 Å². The molecule has 6 heteroatoms. The second-order valence-corrected chi connectivity index (χ2v) is 5.46. The number of nitrogens with zero attached hydrogens (tertiary/aromatic N) is 1. The predicted octanol–water partition coefficient (Wildman–Crippen LogP) is 3.09. The van der Waals surface area contributed by atoms with E-state index in [4.69, 9.17) is 0 Å². The molecule has 6 nitrogen and oxygen atoms in total. The highest BCUT2D eigenvalue weighted by atomic mass is 16.6. The number of hydrogen-bond donors (Lipinski definition) is 2. The minimum absolute atomic E-state index is 0.123. The molecule has 0 atom stereocenters. The summed E-state index contributed by atoms with van der Waals surface area (Å²) >= 11 is 0. The molecule has 0 spiro atoms. The second-order valence-electron chi connectivity index (χ2n) is 5.46. The van der Waals surface area contributed by atoms with E-state index in [9.17, 15) is 14.9 Å². The molecule has 21 heavy (non-hydrogen) atoms. The zero-order valence-electron chi connectivity index (χ0n) is 12.4. The molecule has 1 aliphatic carbocycles. The highest BCUT2D eigenvalue weighted by molar-refractivity contribution is 5.99. The Bertz CT molecular complexity index is 548. The van der Waals surface area contributed by atoms with Gasteiger partial charge in [0.1, 0.15) is 5.56 Å². The molecular formula is C15H21N3O3. The van der Waals surface area contributed by atoms with E-state index in [1.54, 1.807) is 12.1 Å². The van der Waals surface area contributed by atoms with E-state index in [1.807, 2.05) is 13.8 Å². The van der Waals surface area contributed by atoms with Crippen LogP contribution in [0.2, 0.25) is 0 Å². The molecule has 2 rings (SSSR count). The van der Waals surface area contributed by atoms with Crippen LogP contribution in [0.1, 0.15) is 49.9 Å². The molecule has 0 unspecified atom stereocenters. The predicted molar refractivity (Wildman–Crippen MR) is 81.6 cm³/mol. The van der Waals surface area contributed by atoms with Gasteiger partial charge in [-0.05, 0) is 44.7 Å². The van der Waals surface area contributed by atoms with Gasteiger partial charge in [-0.2, -0.15) is 0 Å². The van der Waals surface area contributed by atoms with Crippen LogP contribution in [0.25, 0.3) is 0 Å². The van der Waals surface area contributed by atoms with Crippen molar-refractivity contribution in [2.24, 2.45) is 0 Å². The molecule has 0 aromatic heterocycles. The normalized spacial score (nSPS) is 15.9. The van der Waals surface area contributed by atoms with Crippen LogP contribution in [0.15, 0.2) is 18.2 Å². The number of amides is 1. The van der Waals surface area contributed by atoms with E-state index in [-0.39, 0.29) is 22.7 Å². The number of nitro groups is 1. The lowest BCUT2D eigenvalue weighted by molar-refractivity contribution is -0.385. The largest absolute Gasteiger partial charge is 0.385 e. The van der Waals surface area contributed by atoms with Crippen LogP contribution >= 0.6 is 0 Å². The average molecular weight is 291 g/mol. The van der Waals surface area contributed by atoms with E-state index in [0.29, 0.717) is 12.2 Å². The molecule has 1 aromatic carbocycles. The molecule has 0 saturated heterocycles. The molecule has 114 valence electrons. The first kappa shape index (κ1) is 15.3. The number of benzene rings is 1. The lowest BCUT2D eigenvalue weighted by Crippen LogP contribution is -2.53. The SMILES string of the molecule is CCNc1ccc([N+](=O)[O-])c(C(=O)NC2(CC)CCC2)c1. The van der Waals surface area contributed by atoms with E-state index in [2.05, 4.69) is 10.6 Å². The first-order chi connectivity index (χ1) is 10.0. The summed E-state index contributed by atoms with van der Waals surface area (Å²) in [5.74, 6) is -0.358. The highest BCUT2D eigenvalue weighted by Gasteiger charge is 2.37. The first-order valence-corrected chi connectivity index (χ1v) is 7.36. The smallest absolute Gasteiger partial charge is 0.282 e. The summed E-state index contributed by atoms with van der Waals surface area (Å²) in [7, 11) is 0. The summed E-state index contributed by atoms with van der Waals surface area (Å²) in [6.45, 7) is 4.66. The van der Waals surface area contributed by atoms with Gasteiger partial charge in [0.2, 0.25) is 0 Å². The summed E-state index contributed by atoms with van der Waals surface area (Å²) < 4.78 is 0. The lowest BCUT2D eigenvalue weighted by atomic mass is 9.74. The van der Waals surface area contributed by atoms with Gasteiger partial charge in [-0.15, -0.1) is 0 Å². The van der Waals surface area contributed by atoms with Crippen molar-refractivity contribution in [3.63, 3.8) is 0 Å². The summed E-state index contributed by atoms with van der Waals surface area (Å²) in [6, 6.07) is 4.56. The maximum atomic E-state index is 12.5. The summed E-state index contributed by atoms with van der Waals surface area (Å²) in [4.78, 5) is 23.1. The van der Waals surface area contributed by atoms with Crippen LogP contribution in [0.3, 0.4) is 0 Å². The van der Waals surface area contributed by atoms with Crippen molar-refractivity contribution in [3.05, 3.63) is 33.9 Å². The summed E-state index contributed by atoms with van der Waals surface area (Å²) in [5, 5.41) is 17.2. The van der Waals surface area contributed by atoms with Gasteiger partial charge in [-0.25, -0.2) is 0 Å². The van der Waals surface area contributed by atoms with Crippen molar-refractivity contribution in [1.82, 2.24) is 5.32 Å². The van der Waals surface area contributed by atoms with Crippen LogP contribution in [0.5, 0.6) is 0 Å². The first-order valence-electron chi connectivity index (χ1n) is 7.36. The standard InChI is InChI=1S/C15H21N3O3/c1-3-15(8-5-9-15)17-14(19)12-10-11(16-4-2)6-7-13(12)18(20)21/h6-7,10,16H,3-5,8-9H2,1-2H3,(H,17,19). The second kappa shape index (κ2) is 6.11. The molecule has 1 amide bonds. The number of carbonyl (C=O) groups is 1. The Balaban J connectivity index is 2.28. The third-order valence-corrected chi connectivity index (χ3v) is 4.18. The molecule has 1 aromatic rings. The Morgan fingerprint density at radius 2 is 2.10 bits per heavy atom. The molecule has 1 saturated carbocycles. The Morgan fingerprint density at radius 1 is 1.38 bits per heavy atom. The highest BCUT2D eigenvalue weighted by Crippen LogP contribution is 2.35. The molecule has 1 aliphatic rings. The monoisotopic (exact) mass is 291 g/mol. The quantitative estimate of drug-likeness (QED) is 0.623. The van der Waals surface area contributed by atoms with Crippen LogP contribution in [0.4, 0.5) is 11.4 Å². The van der Waals surface area contributed by atoms with Crippen molar-refractivity contribution in [2.45, 2.75) is 45.1 Å². The minimum atomic E-state index is -0.510. The van der Waals surface area contributed by atoms with Gasteiger partial charge in [0.25, 0.3) is 11.6 Å². The molecule has 0 heterocycles. The Labute approximate surface area is 124 Å². The van der Waals surface area contributed by atoms with Crippen LogP contribution in [0, 0.1) is 10.1 Å². The topological polar surface area (TPSA) is 84.3 Å². The van der Waals surface area contributed by atoms with Gasteiger partial charge in [-0.1, -0.05) is 6.92 Å². The fraction of sp³-hybridized carbons (Fsp3) is 0.533. The molecule has 0 aliphatic heterocycles. The van der Waals surface area contributed by atoms with Gasteiger partial charge in [0.05, 0.1) is 4.92 Å². The molecule has 0 radical (unpaired) electrons. The van der Waals surface area contributed by atoms with Gasteiger partial charge in [0.15, 0.2) is 0 Å². The maximum Gasteiger partial charge on any atom is 0.282 e. The van der Waals surface area contributed by atoms with Gasteiger partial charge in [-0.3, -0.25) is 14.9 Å². The van der Waals surface area contributed by atoms with Crippen molar-refractivity contribution in [3.8, 4) is 0 Å². The zero-order valence-corrected chi connectivity index (χ0v) is 12.4. The lowest BCUT2D eigenvalue weighted by Gasteiger charge is -2.42. The van der Waals surface area contributed by atoms with E-state index in [0.717, 1.165) is 25.7 Å². The summed E-state index contributed by atoms with van der Waals surface area (Å²) in [5.41, 5.74) is 0.504. The number of rotatable bonds is 6. The average Bonchev–Trinajstić information content (AvgIpc) is 2.42. The van der Waals surface area contributed by atoms with Crippen LogP contribution in [-0.2, 0) is 0 Å². The van der Waals surface area contributed by atoms with Gasteiger partial charge in [0, 0.05) is 23.8 Å². The Hall–Kier alpha value is -2.11. The third kappa shape index (κ3) is 3.15. The third-order valence-electron chi connectivity index (χ3n) is 4.18. The zero-order chi connectivity index (χ0) is 15.5. The van der Waals surface area contributed by atoms with Crippen LogP contribution < -0.4 is 10.6 Å². The van der Waals surface area contributed by atoms with E-state index >= 15 is 0 Å². The summed E-state index contributed by atoms with van der Waals surface area (Å²) in [6.07, 6.45) is 3.82. The van der Waals surface area contributed by atoms with Crippen molar-refractivity contribution in [1.29, 1.82) is 0 Å². The van der Waals surface area contributed by atoms with Crippen LogP contribution in [-0.4, -0.2) is 22.9 Å². The molecule has 2 N–H and O–H groups in total. The maximum absolute atomic E-state index is 12.5. The number of nitro benzene ring substituents is 1. The molecule has 1 fully saturated rings. The fourth-order valence-electron chi connectivity index (χ4n) is 2.67. The van der Waals surface area contributed by atoms with E-state index in [1.165, 1.54) is 6.07 Å². The Morgan fingerprint density at radius 3 is 2.57 bits per heavy atom. The fourth-order valence-corrected chi connectivity index (χ4v) is 2.67. The Kier molecular flexibility index (Phi) is 4.45. The minimum Gasteiger partial charge on any atom is -0.385 e. The number of anilines is 1. The van der Waals surface area contributed by atoms with Gasteiger partial charge >= 0.3 is 0 Å². The van der Waals surface area contributed by atoms with E-state index < -0.39 is 4.92 Å². The van der Waals surface area contributed by atoms with Crippen molar-refractivity contribution < 1.29 is 9.72 Å². The molecule has 0 bridgehead atoms. The molecular weight excluding hydrogens is 270 g/mol. The van der Waals surface area contributed by atoms with Gasteiger partial charge < -0.3 is 10.6 Å². The number of nitrogens with one attached hydrogen (secondary N) is 2. The van der Waals surface area contributed by atoms with Crippen molar-refractivity contribution >= 4 is 17.3 Å². The number of carbonyl (C=O) groups excluding carboxylic acids is 1.